The van der Waals surface area contributed by atoms with Gasteiger partial charge in [0.2, 0.25) is 5.91 Å². The van der Waals surface area contributed by atoms with E-state index >= 15 is 0 Å². The number of aliphatic hydroxyl groups is 1. The molecule has 0 spiro atoms. The SMILES string of the molecule is CN(Cc1ccsc1)C(=O)Cn1cc(CCO)nn1. The highest BCUT2D eigenvalue weighted by atomic mass is 32.1. The molecule has 2 rings (SSSR count). The van der Waals surface area contributed by atoms with Crippen molar-refractivity contribution in [3.05, 3.63) is 34.3 Å². The highest BCUT2D eigenvalue weighted by Crippen LogP contribution is 2.08. The Bertz CT molecular complexity index is 524. The van der Waals surface area contributed by atoms with Crippen molar-refractivity contribution in [2.75, 3.05) is 13.7 Å². The molecule has 0 aliphatic rings. The number of hydrogen-bond acceptors (Lipinski definition) is 5. The van der Waals surface area contributed by atoms with Crippen molar-refractivity contribution in [2.45, 2.75) is 19.5 Å². The van der Waals surface area contributed by atoms with E-state index in [4.69, 9.17) is 5.11 Å². The van der Waals surface area contributed by atoms with Crippen LogP contribution in [0.25, 0.3) is 0 Å². The topological polar surface area (TPSA) is 71.2 Å². The van der Waals surface area contributed by atoms with Crippen molar-refractivity contribution in [1.29, 1.82) is 0 Å². The predicted molar refractivity (Wildman–Crippen MR) is 71.6 cm³/mol. The van der Waals surface area contributed by atoms with Gasteiger partial charge in [0.05, 0.1) is 5.69 Å². The van der Waals surface area contributed by atoms with Gasteiger partial charge in [0.1, 0.15) is 6.54 Å². The molecule has 19 heavy (non-hydrogen) atoms. The number of thiophene rings is 1. The maximum atomic E-state index is 12.0. The van der Waals surface area contributed by atoms with Crippen LogP contribution in [0, 0.1) is 0 Å². The van der Waals surface area contributed by atoms with Gasteiger partial charge in [0.15, 0.2) is 0 Å². The van der Waals surface area contributed by atoms with E-state index in [1.54, 1.807) is 29.5 Å². The van der Waals surface area contributed by atoms with E-state index in [0.717, 1.165) is 5.56 Å². The molecule has 0 aromatic carbocycles. The monoisotopic (exact) mass is 280 g/mol. The van der Waals surface area contributed by atoms with Gasteiger partial charge in [0, 0.05) is 32.8 Å². The number of hydrogen-bond donors (Lipinski definition) is 1. The zero-order valence-electron chi connectivity index (χ0n) is 10.7. The third-order valence-electron chi connectivity index (χ3n) is 2.68. The summed E-state index contributed by atoms with van der Waals surface area (Å²) in [6.45, 7) is 0.796. The minimum Gasteiger partial charge on any atom is -0.396 e. The van der Waals surface area contributed by atoms with E-state index in [9.17, 15) is 4.79 Å². The summed E-state index contributed by atoms with van der Waals surface area (Å²) in [4.78, 5) is 13.7. The summed E-state index contributed by atoms with van der Waals surface area (Å²) in [5.74, 6) is -0.0216. The Kier molecular flexibility index (Phi) is 4.64. The predicted octanol–water partition coefficient (Wildman–Crippen LogP) is 0.533. The van der Waals surface area contributed by atoms with Gasteiger partial charge in [-0.2, -0.15) is 11.3 Å². The van der Waals surface area contributed by atoms with Crippen molar-refractivity contribution in [2.24, 2.45) is 0 Å². The molecule has 0 radical (unpaired) electrons. The van der Waals surface area contributed by atoms with Crippen molar-refractivity contribution in [3.63, 3.8) is 0 Å². The first-order chi connectivity index (χ1) is 9.19. The lowest BCUT2D eigenvalue weighted by molar-refractivity contribution is -0.131. The fourth-order valence-corrected chi connectivity index (χ4v) is 2.31. The molecule has 0 fully saturated rings. The normalized spacial score (nSPS) is 10.6. The van der Waals surface area contributed by atoms with Crippen LogP contribution in [0.5, 0.6) is 0 Å². The van der Waals surface area contributed by atoms with Crippen LogP contribution in [-0.2, 0) is 24.3 Å². The van der Waals surface area contributed by atoms with Crippen molar-refractivity contribution < 1.29 is 9.90 Å². The first-order valence-electron chi connectivity index (χ1n) is 5.94. The number of carbonyl (C=O) groups excluding carboxylic acids is 1. The Morgan fingerprint density at radius 3 is 3.11 bits per heavy atom. The molecular weight excluding hydrogens is 264 g/mol. The molecule has 0 aliphatic heterocycles. The number of aliphatic hydroxyl groups excluding tert-OH is 1. The molecule has 0 unspecified atom stereocenters. The van der Waals surface area contributed by atoms with E-state index in [1.807, 2.05) is 16.8 Å². The second-order valence-electron chi connectivity index (χ2n) is 4.26. The molecule has 1 N–H and O–H groups in total. The van der Waals surface area contributed by atoms with Gasteiger partial charge >= 0.3 is 0 Å². The molecule has 7 heteroatoms. The summed E-state index contributed by atoms with van der Waals surface area (Å²) in [6, 6.07) is 2.00. The number of likely N-dealkylation sites (N-methyl/N-ethyl adjacent to an activating group) is 1. The number of carbonyl (C=O) groups is 1. The molecule has 1 amide bonds. The van der Waals surface area contributed by atoms with E-state index < -0.39 is 0 Å². The highest BCUT2D eigenvalue weighted by Gasteiger charge is 2.11. The molecule has 0 bridgehead atoms. The Morgan fingerprint density at radius 1 is 1.58 bits per heavy atom. The average Bonchev–Trinajstić information content (AvgIpc) is 3.02. The largest absolute Gasteiger partial charge is 0.396 e. The Labute approximate surface area is 115 Å². The fraction of sp³-hybridized carbons (Fsp3) is 0.417. The molecule has 2 heterocycles. The molecular formula is C12H16N4O2S. The van der Waals surface area contributed by atoms with Crippen LogP contribution < -0.4 is 0 Å². The Balaban J connectivity index is 1.88. The lowest BCUT2D eigenvalue weighted by Crippen LogP contribution is -2.29. The maximum Gasteiger partial charge on any atom is 0.244 e. The van der Waals surface area contributed by atoms with E-state index in [1.165, 1.54) is 4.68 Å². The molecule has 0 saturated heterocycles. The summed E-state index contributed by atoms with van der Waals surface area (Å²) in [6.07, 6.45) is 2.14. The number of aromatic nitrogens is 3. The minimum atomic E-state index is -0.0216. The van der Waals surface area contributed by atoms with E-state index in [0.29, 0.717) is 18.7 Å². The van der Waals surface area contributed by atoms with Gasteiger partial charge < -0.3 is 10.0 Å². The summed E-state index contributed by atoms with van der Waals surface area (Å²) >= 11 is 1.62. The van der Waals surface area contributed by atoms with Crippen molar-refractivity contribution in [3.8, 4) is 0 Å². The van der Waals surface area contributed by atoms with Crippen LogP contribution in [0.2, 0.25) is 0 Å². The lowest BCUT2D eigenvalue weighted by atomic mass is 10.3. The molecule has 2 aromatic rings. The second-order valence-corrected chi connectivity index (χ2v) is 5.04. The minimum absolute atomic E-state index is 0.0216. The van der Waals surface area contributed by atoms with Gasteiger partial charge in [-0.25, -0.2) is 4.68 Å². The first-order valence-corrected chi connectivity index (χ1v) is 6.88. The number of rotatable bonds is 6. The Hall–Kier alpha value is -1.73. The number of amides is 1. The summed E-state index contributed by atoms with van der Waals surface area (Å²) in [5, 5.41) is 20.6. The zero-order valence-corrected chi connectivity index (χ0v) is 11.5. The van der Waals surface area contributed by atoms with Gasteiger partial charge in [-0.1, -0.05) is 5.21 Å². The Morgan fingerprint density at radius 2 is 2.42 bits per heavy atom. The molecule has 0 aliphatic carbocycles. The van der Waals surface area contributed by atoms with Crippen LogP contribution in [0.1, 0.15) is 11.3 Å². The summed E-state index contributed by atoms with van der Waals surface area (Å²) < 4.78 is 1.50. The third kappa shape index (κ3) is 3.87. The standard InChI is InChI=1S/C12H16N4O2S/c1-15(6-10-3-5-19-9-10)12(18)8-16-7-11(2-4-17)13-14-16/h3,5,7,9,17H,2,4,6,8H2,1H3. The highest BCUT2D eigenvalue weighted by molar-refractivity contribution is 7.07. The van der Waals surface area contributed by atoms with Crippen molar-refractivity contribution >= 4 is 17.2 Å². The molecule has 102 valence electrons. The third-order valence-corrected chi connectivity index (χ3v) is 3.41. The van der Waals surface area contributed by atoms with Crippen LogP contribution in [0.4, 0.5) is 0 Å². The van der Waals surface area contributed by atoms with Gasteiger partial charge in [-0.15, -0.1) is 5.10 Å². The van der Waals surface area contributed by atoms with Crippen LogP contribution in [0.3, 0.4) is 0 Å². The zero-order chi connectivity index (χ0) is 13.7. The first kappa shape index (κ1) is 13.7. The van der Waals surface area contributed by atoms with Crippen LogP contribution >= 0.6 is 11.3 Å². The van der Waals surface area contributed by atoms with Crippen LogP contribution in [0.15, 0.2) is 23.0 Å². The smallest absolute Gasteiger partial charge is 0.244 e. The molecule has 0 atom stereocenters. The number of nitrogens with zero attached hydrogens (tertiary/aromatic N) is 4. The van der Waals surface area contributed by atoms with Gasteiger partial charge in [-0.05, 0) is 22.4 Å². The van der Waals surface area contributed by atoms with Gasteiger partial charge in [-0.3, -0.25) is 4.79 Å². The molecule has 0 saturated carbocycles. The maximum absolute atomic E-state index is 12.0. The summed E-state index contributed by atoms with van der Waals surface area (Å²) in [5.41, 5.74) is 1.82. The van der Waals surface area contributed by atoms with Gasteiger partial charge in [0.25, 0.3) is 0 Å². The second kappa shape index (κ2) is 6.44. The molecule has 2 aromatic heterocycles. The molecule has 6 nitrogen and oxygen atoms in total. The van der Waals surface area contributed by atoms with E-state index in [2.05, 4.69) is 10.3 Å². The quantitative estimate of drug-likeness (QED) is 0.838. The average molecular weight is 280 g/mol. The fourth-order valence-electron chi connectivity index (χ4n) is 1.65. The lowest BCUT2D eigenvalue weighted by Gasteiger charge is -2.16. The van der Waals surface area contributed by atoms with E-state index in [-0.39, 0.29) is 19.1 Å². The summed E-state index contributed by atoms with van der Waals surface area (Å²) in [7, 11) is 1.77. The van der Waals surface area contributed by atoms with Crippen LogP contribution in [-0.4, -0.2) is 44.6 Å². The van der Waals surface area contributed by atoms with Crippen molar-refractivity contribution in [1.82, 2.24) is 19.9 Å².